The lowest BCUT2D eigenvalue weighted by molar-refractivity contribution is -0.151. The van der Waals surface area contributed by atoms with Gasteiger partial charge in [0.15, 0.2) is 11.5 Å². The van der Waals surface area contributed by atoms with Crippen molar-refractivity contribution in [3.05, 3.63) is 52.3 Å². The summed E-state index contributed by atoms with van der Waals surface area (Å²) < 4.78 is 36.7. The molecule has 1 atom stereocenters. The van der Waals surface area contributed by atoms with E-state index in [0.717, 1.165) is 17.5 Å². The van der Waals surface area contributed by atoms with Gasteiger partial charge in [0.05, 0.1) is 32.0 Å². The van der Waals surface area contributed by atoms with E-state index in [1.165, 1.54) is 12.1 Å². The standard InChI is InChI=1S/C27H34ClFN2O5/c1-18(2)14-31(15-19-11-22(28)26-24(12-19)34-8-4-9-36-26)27(32)25-17-30(7-10-35-25)16-20-13-21(29)5-6-23(20)33-3/h5-6,11-13,18,25H,4,7-10,14-17H2,1-3H3. The summed E-state index contributed by atoms with van der Waals surface area (Å²) in [7, 11) is 1.57. The van der Waals surface area contributed by atoms with Crippen LogP contribution in [0.1, 0.15) is 31.4 Å². The molecule has 36 heavy (non-hydrogen) atoms. The third-order valence-corrected chi connectivity index (χ3v) is 6.48. The van der Waals surface area contributed by atoms with Gasteiger partial charge in [-0.3, -0.25) is 9.69 Å². The second kappa shape index (κ2) is 12.1. The first-order chi connectivity index (χ1) is 17.3. The van der Waals surface area contributed by atoms with Crippen molar-refractivity contribution in [2.75, 3.05) is 46.6 Å². The Morgan fingerprint density at radius 2 is 2.03 bits per heavy atom. The van der Waals surface area contributed by atoms with Gasteiger partial charge in [-0.25, -0.2) is 4.39 Å². The zero-order valence-corrected chi connectivity index (χ0v) is 21.9. The predicted octanol–water partition coefficient (Wildman–Crippen LogP) is 4.53. The molecule has 0 N–H and O–H groups in total. The number of amides is 1. The molecule has 2 aromatic carbocycles. The number of halogens is 2. The summed E-state index contributed by atoms with van der Waals surface area (Å²) in [5, 5.41) is 0.477. The highest BCUT2D eigenvalue weighted by Gasteiger charge is 2.31. The molecule has 1 amide bonds. The Labute approximate surface area is 217 Å². The van der Waals surface area contributed by atoms with Crippen molar-refractivity contribution < 1.29 is 28.1 Å². The number of ether oxygens (including phenoxy) is 4. The number of rotatable bonds is 8. The van der Waals surface area contributed by atoms with Crippen molar-refractivity contribution in [1.29, 1.82) is 0 Å². The normalized spacial score (nSPS) is 18.1. The Morgan fingerprint density at radius 3 is 2.81 bits per heavy atom. The van der Waals surface area contributed by atoms with Crippen molar-refractivity contribution in [3.8, 4) is 17.2 Å². The topological polar surface area (TPSA) is 60.5 Å². The number of fused-ring (bicyclic) bond motifs is 1. The highest BCUT2D eigenvalue weighted by molar-refractivity contribution is 6.32. The van der Waals surface area contributed by atoms with Crippen LogP contribution < -0.4 is 14.2 Å². The maximum absolute atomic E-state index is 13.8. The molecule has 1 unspecified atom stereocenters. The Hall–Kier alpha value is -2.55. The summed E-state index contributed by atoms with van der Waals surface area (Å²) in [6.07, 6.45) is 0.169. The molecule has 1 fully saturated rings. The monoisotopic (exact) mass is 520 g/mol. The van der Waals surface area contributed by atoms with E-state index in [0.29, 0.717) is 74.8 Å². The molecular formula is C27H34ClFN2O5. The molecule has 4 rings (SSSR count). The summed E-state index contributed by atoms with van der Waals surface area (Å²) in [5.41, 5.74) is 1.61. The minimum atomic E-state index is -0.618. The van der Waals surface area contributed by atoms with Crippen molar-refractivity contribution >= 4 is 17.5 Å². The molecule has 0 spiro atoms. The largest absolute Gasteiger partial charge is 0.496 e. The zero-order valence-electron chi connectivity index (χ0n) is 21.1. The summed E-state index contributed by atoms with van der Waals surface area (Å²) >= 11 is 6.49. The molecule has 0 aromatic heterocycles. The SMILES string of the molecule is COc1ccc(F)cc1CN1CCOC(C(=O)N(Cc2cc(Cl)c3c(c2)OCCCO3)CC(C)C)C1. The lowest BCUT2D eigenvalue weighted by Gasteiger charge is -2.36. The van der Waals surface area contributed by atoms with Crippen LogP contribution in [-0.2, 0) is 22.6 Å². The molecule has 1 saturated heterocycles. The van der Waals surface area contributed by atoms with E-state index < -0.39 is 6.10 Å². The fraction of sp³-hybridized carbons (Fsp3) is 0.519. The first kappa shape index (κ1) is 26.5. The van der Waals surface area contributed by atoms with E-state index in [1.807, 2.05) is 17.0 Å². The van der Waals surface area contributed by atoms with Crippen molar-refractivity contribution in [2.45, 2.75) is 39.5 Å². The van der Waals surface area contributed by atoms with E-state index in [2.05, 4.69) is 18.7 Å². The molecule has 0 aliphatic carbocycles. The number of carbonyl (C=O) groups is 1. The Kier molecular flexibility index (Phi) is 8.93. The number of hydrogen-bond donors (Lipinski definition) is 0. The van der Waals surface area contributed by atoms with Gasteiger partial charge in [-0.15, -0.1) is 0 Å². The maximum Gasteiger partial charge on any atom is 0.253 e. The van der Waals surface area contributed by atoms with Crippen molar-refractivity contribution in [1.82, 2.24) is 9.80 Å². The Morgan fingerprint density at radius 1 is 1.22 bits per heavy atom. The minimum absolute atomic E-state index is 0.0807. The smallest absolute Gasteiger partial charge is 0.253 e. The molecule has 196 valence electrons. The van der Waals surface area contributed by atoms with E-state index in [9.17, 15) is 9.18 Å². The second-order valence-corrected chi connectivity index (χ2v) is 10.0. The van der Waals surface area contributed by atoms with Crippen LogP contribution in [0.5, 0.6) is 17.2 Å². The molecule has 2 aliphatic heterocycles. The highest BCUT2D eigenvalue weighted by Crippen LogP contribution is 2.38. The molecule has 2 heterocycles. The Bertz CT molecular complexity index is 1070. The first-order valence-electron chi connectivity index (χ1n) is 12.4. The fourth-order valence-corrected chi connectivity index (χ4v) is 4.87. The quantitative estimate of drug-likeness (QED) is 0.509. The van der Waals surface area contributed by atoms with E-state index in [1.54, 1.807) is 13.2 Å². The van der Waals surface area contributed by atoms with E-state index in [4.69, 9.17) is 30.5 Å². The Balaban J connectivity index is 1.48. The number of nitrogens with zero attached hydrogens (tertiary/aromatic N) is 2. The van der Waals surface area contributed by atoms with E-state index in [-0.39, 0.29) is 17.6 Å². The molecule has 2 aromatic rings. The average molecular weight is 521 g/mol. The molecule has 7 nitrogen and oxygen atoms in total. The molecule has 2 aliphatic rings. The van der Waals surface area contributed by atoms with Crippen molar-refractivity contribution in [3.63, 3.8) is 0 Å². The van der Waals surface area contributed by atoms with Crippen molar-refractivity contribution in [2.24, 2.45) is 5.92 Å². The van der Waals surface area contributed by atoms with Crippen LogP contribution >= 0.6 is 11.6 Å². The first-order valence-corrected chi connectivity index (χ1v) is 12.7. The van der Waals surface area contributed by atoms with Crippen LogP contribution in [0.3, 0.4) is 0 Å². The van der Waals surface area contributed by atoms with Gasteiger partial charge in [0.2, 0.25) is 0 Å². The van der Waals surface area contributed by atoms with Gasteiger partial charge < -0.3 is 23.8 Å². The van der Waals surface area contributed by atoms with Crippen LogP contribution in [0.2, 0.25) is 5.02 Å². The van der Waals surface area contributed by atoms with Gasteiger partial charge in [-0.2, -0.15) is 0 Å². The number of hydrogen-bond acceptors (Lipinski definition) is 6. The van der Waals surface area contributed by atoms with Crippen LogP contribution in [0.15, 0.2) is 30.3 Å². The summed E-state index contributed by atoms with van der Waals surface area (Å²) in [6, 6.07) is 8.21. The zero-order chi connectivity index (χ0) is 25.7. The van der Waals surface area contributed by atoms with Gasteiger partial charge in [0.1, 0.15) is 17.7 Å². The number of methoxy groups -OCH3 is 1. The number of benzene rings is 2. The van der Waals surface area contributed by atoms with Crippen LogP contribution in [-0.4, -0.2) is 68.4 Å². The van der Waals surface area contributed by atoms with Gasteiger partial charge in [-0.05, 0) is 41.8 Å². The molecule has 0 bridgehead atoms. The van der Waals surface area contributed by atoms with Crippen LogP contribution in [0.25, 0.3) is 0 Å². The van der Waals surface area contributed by atoms with Gasteiger partial charge in [0.25, 0.3) is 5.91 Å². The summed E-state index contributed by atoms with van der Waals surface area (Å²) in [5.74, 6) is 1.65. The van der Waals surface area contributed by atoms with Crippen LogP contribution in [0, 0.1) is 11.7 Å². The number of morpholine rings is 1. The summed E-state index contributed by atoms with van der Waals surface area (Å²) in [4.78, 5) is 17.6. The third kappa shape index (κ3) is 6.60. The molecule has 0 saturated carbocycles. The predicted molar refractivity (Wildman–Crippen MR) is 135 cm³/mol. The second-order valence-electron chi connectivity index (χ2n) is 9.62. The molecule has 0 radical (unpaired) electrons. The maximum atomic E-state index is 13.8. The van der Waals surface area contributed by atoms with Crippen LogP contribution in [0.4, 0.5) is 4.39 Å². The van der Waals surface area contributed by atoms with Gasteiger partial charge >= 0.3 is 0 Å². The molecule has 9 heteroatoms. The highest BCUT2D eigenvalue weighted by atomic mass is 35.5. The van der Waals surface area contributed by atoms with Gasteiger partial charge in [-0.1, -0.05) is 25.4 Å². The fourth-order valence-electron chi connectivity index (χ4n) is 4.58. The minimum Gasteiger partial charge on any atom is -0.496 e. The van der Waals surface area contributed by atoms with Gasteiger partial charge in [0, 0.05) is 44.7 Å². The lowest BCUT2D eigenvalue weighted by Crippen LogP contribution is -2.51. The van der Waals surface area contributed by atoms with E-state index >= 15 is 0 Å². The molecular weight excluding hydrogens is 487 g/mol. The average Bonchev–Trinajstić information content (AvgIpc) is 3.09. The lowest BCUT2D eigenvalue weighted by atomic mass is 10.1. The number of carbonyl (C=O) groups excluding carboxylic acids is 1. The third-order valence-electron chi connectivity index (χ3n) is 6.20. The summed E-state index contributed by atoms with van der Waals surface area (Å²) in [6.45, 7) is 8.16.